The van der Waals surface area contributed by atoms with Crippen LogP contribution in [0.5, 0.6) is 5.75 Å². The van der Waals surface area contributed by atoms with Gasteiger partial charge < -0.3 is 10.1 Å². The third kappa shape index (κ3) is 5.78. The number of aryl methyl sites for hydroxylation is 1. The predicted octanol–water partition coefficient (Wildman–Crippen LogP) is 3.06. The second kappa shape index (κ2) is 9.68. The number of hydrogen-bond acceptors (Lipinski definition) is 4. The normalized spacial score (nSPS) is 11.7. The third-order valence-corrected chi connectivity index (χ3v) is 4.64. The van der Waals surface area contributed by atoms with E-state index >= 15 is 0 Å². The van der Waals surface area contributed by atoms with Crippen LogP contribution in [0.2, 0.25) is 0 Å². The lowest BCUT2D eigenvalue weighted by Crippen LogP contribution is -2.38. The topological polar surface area (TPSA) is 73.2 Å². The van der Waals surface area contributed by atoms with Gasteiger partial charge >= 0.3 is 0 Å². The minimum absolute atomic E-state index is 0.0000229. The van der Waals surface area contributed by atoms with Crippen molar-refractivity contribution < 1.29 is 9.53 Å². The zero-order valence-electron chi connectivity index (χ0n) is 16.7. The van der Waals surface area contributed by atoms with Crippen molar-refractivity contribution in [2.75, 3.05) is 7.11 Å². The van der Waals surface area contributed by atoms with Crippen molar-refractivity contribution in [2.45, 2.75) is 32.4 Å². The molecule has 0 fully saturated rings. The van der Waals surface area contributed by atoms with E-state index in [0.717, 1.165) is 18.4 Å². The zero-order valence-corrected chi connectivity index (χ0v) is 16.7. The van der Waals surface area contributed by atoms with Gasteiger partial charge in [0.15, 0.2) is 0 Å². The lowest BCUT2D eigenvalue weighted by atomic mass is 10.1. The quantitative estimate of drug-likeness (QED) is 0.641. The van der Waals surface area contributed by atoms with E-state index in [2.05, 4.69) is 22.5 Å². The van der Waals surface area contributed by atoms with E-state index in [0.29, 0.717) is 11.4 Å². The summed E-state index contributed by atoms with van der Waals surface area (Å²) in [4.78, 5) is 24.6. The highest BCUT2D eigenvalue weighted by molar-refractivity contribution is 5.76. The van der Waals surface area contributed by atoms with Gasteiger partial charge in [-0.3, -0.25) is 9.59 Å². The van der Waals surface area contributed by atoms with Gasteiger partial charge in [-0.2, -0.15) is 5.10 Å². The second-order valence-electron chi connectivity index (χ2n) is 6.94. The Labute approximate surface area is 170 Å². The van der Waals surface area contributed by atoms with Crippen molar-refractivity contribution in [3.63, 3.8) is 0 Å². The van der Waals surface area contributed by atoms with Crippen LogP contribution in [-0.4, -0.2) is 28.8 Å². The van der Waals surface area contributed by atoms with E-state index in [1.54, 1.807) is 13.2 Å². The second-order valence-corrected chi connectivity index (χ2v) is 6.94. The van der Waals surface area contributed by atoms with Crippen molar-refractivity contribution in [1.82, 2.24) is 15.1 Å². The summed E-state index contributed by atoms with van der Waals surface area (Å²) in [6, 6.07) is 20.6. The first-order valence-electron chi connectivity index (χ1n) is 9.61. The van der Waals surface area contributed by atoms with Gasteiger partial charge in [-0.15, -0.1) is 0 Å². The lowest BCUT2D eigenvalue weighted by molar-refractivity contribution is -0.122. The van der Waals surface area contributed by atoms with Crippen LogP contribution in [0.3, 0.4) is 0 Å². The highest BCUT2D eigenvalue weighted by Crippen LogP contribution is 2.21. The molecule has 0 spiro atoms. The fourth-order valence-electron chi connectivity index (χ4n) is 3.06. The fourth-order valence-corrected chi connectivity index (χ4v) is 3.06. The maximum absolute atomic E-state index is 12.4. The summed E-state index contributed by atoms with van der Waals surface area (Å²) in [6.45, 7) is 1.84. The molecule has 0 saturated heterocycles. The van der Waals surface area contributed by atoms with Gasteiger partial charge in [-0.05, 0) is 43.5 Å². The molecule has 0 aliphatic rings. The molecule has 3 aromatic rings. The first-order chi connectivity index (χ1) is 14.0. The molecule has 0 radical (unpaired) electrons. The Morgan fingerprint density at radius 1 is 1.10 bits per heavy atom. The van der Waals surface area contributed by atoms with Crippen LogP contribution in [0.4, 0.5) is 0 Å². The number of amides is 1. The van der Waals surface area contributed by atoms with E-state index in [4.69, 9.17) is 4.74 Å². The molecule has 1 atom stereocenters. The number of carbonyl (C=O) groups excluding carboxylic acids is 1. The van der Waals surface area contributed by atoms with E-state index in [1.807, 2.05) is 49.4 Å². The summed E-state index contributed by atoms with van der Waals surface area (Å²) in [7, 11) is 1.59. The first kappa shape index (κ1) is 20.3. The van der Waals surface area contributed by atoms with E-state index in [9.17, 15) is 9.59 Å². The van der Waals surface area contributed by atoms with Crippen LogP contribution in [0, 0.1) is 0 Å². The minimum atomic E-state index is -0.316. The Balaban J connectivity index is 1.63. The standard InChI is InChI=1S/C23H25N3O3/c1-17(11-12-18-7-4-3-5-8-18)24-22(27)16-26-23(28)14-13-21(25-26)19-9-6-10-20(15-19)29-2/h3-10,13-15,17H,11-12,16H2,1-2H3,(H,24,27). The van der Waals surface area contributed by atoms with Crippen molar-refractivity contribution >= 4 is 5.91 Å². The first-order valence-corrected chi connectivity index (χ1v) is 9.61. The molecule has 1 heterocycles. The van der Waals surface area contributed by atoms with Crippen LogP contribution in [0.25, 0.3) is 11.3 Å². The smallest absolute Gasteiger partial charge is 0.267 e. The molecule has 0 aliphatic carbocycles. The van der Waals surface area contributed by atoms with Gasteiger partial charge in [0.2, 0.25) is 5.91 Å². The molecule has 1 aromatic heterocycles. The summed E-state index contributed by atoms with van der Waals surface area (Å²) in [5.41, 5.74) is 2.34. The molecule has 150 valence electrons. The highest BCUT2D eigenvalue weighted by Gasteiger charge is 2.11. The molecular formula is C23H25N3O3. The van der Waals surface area contributed by atoms with Crippen LogP contribution in [-0.2, 0) is 17.8 Å². The number of carbonyl (C=O) groups is 1. The Morgan fingerprint density at radius 2 is 1.90 bits per heavy atom. The van der Waals surface area contributed by atoms with Gasteiger partial charge in [0, 0.05) is 17.7 Å². The average Bonchev–Trinajstić information content (AvgIpc) is 2.74. The number of nitrogens with zero attached hydrogens (tertiary/aromatic N) is 2. The molecule has 0 saturated carbocycles. The molecule has 6 nitrogen and oxygen atoms in total. The number of methoxy groups -OCH3 is 1. The number of hydrogen-bond donors (Lipinski definition) is 1. The predicted molar refractivity (Wildman–Crippen MR) is 113 cm³/mol. The van der Waals surface area contributed by atoms with Gasteiger partial charge in [-0.1, -0.05) is 42.5 Å². The molecule has 29 heavy (non-hydrogen) atoms. The maximum Gasteiger partial charge on any atom is 0.267 e. The average molecular weight is 391 g/mol. The van der Waals surface area contributed by atoms with E-state index in [-0.39, 0.29) is 24.1 Å². The SMILES string of the molecule is COc1cccc(-c2ccc(=O)n(CC(=O)NC(C)CCc3ccccc3)n2)c1. The van der Waals surface area contributed by atoms with E-state index < -0.39 is 0 Å². The highest BCUT2D eigenvalue weighted by atomic mass is 16.5. The van der Waals surface area contributed by atoms with E-state index in [1.165, 1.54) is 16.3 Å². The molecule has 2 aromatic carbocycles. The van der Waals surface area contributed by atoms with Crippen molar-refractivity contribution in [1.29, 1.82) is 0 Å². The van der Waals surface area contributed by atoms with Crippen molar-refractivity contribution in [3.05, 3.63) is 82.6 Å². The molecule has 0 bridgehead atoms. The molecule has 1 unspecified atom stereocenters. The van der Waals surface area contributed by atoms with Crippen molar-refractivity contribution in [2.24, 2.45) is 0 Å². The molecule has 1 N–H and O–H groups in total. The molecule has 0 aliphatic heterocycles. The summed E-state index contributed by atoms with van der Waals surface area (Å²) < 4.78 is 6.42. The Morgan fingerprint density at radius 3 is 2.66 bits per heavy atom. The molecular weight excluding hydrogens is 366 g/mol. The minimum Gasteiger partial charge on any atom is -0.497 e. The molecule has 1 amide bonds. The zero-order chi connectivity index (χ0) is 20.6. The Bertz CT molecular complexity index is 1020. The lowest BCUT2D eigenvalue weighted by Gasteiger charge is -2.14. The number of nitrogens with one attached hydrogen (secondary N) is 1. The fraction of sp³-hybridized carbons (Fsp3) is 0.261. The summed E-state index contributed by atoms with van der Waals surface area (Å²) in [5.74, 6) is 0.468. The molecule has 3 rings (SSSR count). The number of ether oxygens (including phenoxy) is 1. The van der Waals surface area contributed by atoms with Crippen LogP contribution < -0.4 is 15.6 Å². The monoisotopic (exact) mass is 391 g/mol. The maximum atomic E-state index is 12.4. The summed E-state index contributed by atoms with van der Waals surface area (Å²) in [6.07, 6.45) is 1.70. The Kier molecular flexibility index (Phi) is 6.79. The summed E-state index contributed by atoms with van der Waals surface area (Å²) in [5, 5.41) is 7.29. The van der Waals surface area contributed by atoms with Crippen LogP contribution in [0.1, 0.15) is 18.9 Å². The van der Waals surface area contributed by atoms with Gasteiger partial charge in [0.25, 0.3) is 5.56 Å². The van der Waals surface area contributed by atoms with Gasteiger partial charge in [-0.25, -0.2) is 4.68 Å². The van der Waals surface area contributed by atoms with Crippen molar-refractivity contribution in [3.8, 4) is 17.0 Å². The molecule has 6 heteroatoms. The third-order valence-electron chi connectivity index (χ3n) is 4.64. The number of benzene rings is 2. The van der Waals surface area contributed by atoms with Gasteiger partial charge in [0.1, 0.15) is 12.3 Å². The van der Waals surface area contributed by atoms with Crippen LogP contribution in [0.15, 0.2) is 71.5 Å². The number of aromatic nitrogens is 2. The largest absolute Gasteiger partial charge is 0.497 e. The number of rotatable bonds is 8. The van der Waals surface area contributed by atoms with Gasteiger partial charge in [0.05, 0.1) is 12.8 Å². The van der Waals surface area contributed by atoms with Crippen LogP contribution >= 0.6 is 0 Å². The Hall–Kier alpha value is -3.41. The summed E-state index contributed by atoms with van der Waals surface area (Å²) >= 11 is 0.